The molecule has 2 atom stereocenters. The van der Waals surface area contributed by atoms with Crippen molar-refractivity contribution < 1.29 is 29.4 Å². The number of amides is 2. The van der Waals surface area contributed by atoms with Crippen LogP contribution in [0.3, 0.4) is 0 Å². The number of nitrogens with one attached hydrogen (secondary N) is 1. The van der Waals surface area contributed by atoms with E-state index in [1.54, 1.807) is 5.32 Å². The van der Waals surface area contributed by atoms with Crippen LogP contribution in [0.25, 0.3) is 0 Å². The van der Waals surface area contributed by atoms with Crippen molar-refractivity contribution in [3.63, 3.8) is 0 Å². The van der Waals surface area contributed by atoms with Crippen molar-refractivity contribution in [3.8, 4) is 0 Å². The molecule has 0 aromatic rings. The van der Waals surface area contributed by atoms with E-state index in [0.29, 0.717) is 0 Å². The van der Waals surface area contributed by atoms with Gasteiger partial charge in [-0.05, 0) is 0 Å². The number of carboxylic acids is 2. The molecule has 2 aliphatic rings. The normalized spacial score (nSPS) is 38.9. The molecule has 0 bridgehead atoms. The van der Waals surface area contributed by atoms with Gasteiger partial charge in [0.15, 0.2) is 10.8 Å². The highest BCUT2D eigenvalue weighted by atomic mass is 16.4. The molecule has 2 amide bonds. The molecular weight excluding hydrogens is 218 g/mol. The first kappa shape index (κ1) is 10.6. The Kier molecular flexibility index (Phi) is 1.49. The third-order valence-electron chi connectivity index (χ3n) is 3.92. The van der Waals surface area contributed by atoms with Gasteiger partial charge in [-0.15, -0.1) is 0 Å². The standard InChI is InChI=1S/C9H9NO6/c1-7(2)8(5(13)14)3(11)10-4(12)9(7,8)6(15)16/h1-2H3,(H,13,14)(H,15,16)(H,10,11,12)/t8-,9+. The predicted molar refractivity (Wildman–Crippen MR) is 47.1 cm³/mol. The fourth-order valence-electron chi connectivity index (χ4n) is 3.12. The van der Waals surface area contributed by atoms with Gasteiger partial charge in [-0.1, -0.05) is 13.8 Å². The largest absolute Gasteiger partial charge is 0.480 e. The Balaban J connectivity index is 2.77. The summed E-state index contributed by atoms with van der Waals surface area (Å²) in [6.07, 6.45) is 0. The van der Waals surface area contributed by atoms with Gasteiger partial charge >= 0.3 is 11.9 Å². The number of rotatable bonds is 2. The lowest BCUT2D eigenvalue weighted by molar-refractivity contribution is -0.156. The average molecular weight is 227 g/mol. The number of hydrogen-bond donors (Lipinski definition) is 3. The second kappa shape index (κ2) is 2.26. The maximum atomic E-state index is 11.5. The number of aliphatic carboxylic acids is 2. The van der Waals surface area contributed by atoms with Gasteiger partial charge in [0.05, 0.1) is 0 Å². The Morgan fingerprint density at radius 2 is 1.31 bits per heavy atom. The third kappa shape index (κ3) is 0.568. The lowest BCUT2D eigenvalue weighted by Crippen LogP contribution is -2.39. The van der Waals surface area contributed by atoms with Gasteiger partial charge in [0, 0.05) is 5.41 Å². The van der Waals surface area contributed by atoms with Crippen molar-refractivity contribution in [1.82, 2.24) is 5.32 Å². The van der Waals surface area contributed by atoms with Crippen LogP contribution < -0.4 is 5.32 Å². The van der Waals surface area contributed by atoms with Gasteiger partial charge in [-0.2, -0.15) is 0 Å². The minimum absolute atomic E-state index is 1.04. The summed E-state index contributed by atoms with van der Waals surface area (Å²) in [4.78, 5) is 45.4. The minimum Gasteiger partial charge on any atom is -0.480 e. The average Bonchev–Trinajstić information content (AvgIpc) is 2.44. The quantitative estimate of drug-likeness (QED) is 0.403. The van der Waals surface area contributed by atoms with Crippen molar-refractivity contribution in [2.75, 3.05) is 0 Å². The third-order valence-corrected chi connectivity index (χ3v) is 3.92. The van der Waals surface area contributed by atoms with Crippen LogP contribution >= 0.6 is 0 Å². The molecule has 86 valence electrons. The van der Waals surface area contributed by atoms with Gasteiger partial charge in [0.2, 0.25) is 11.8 Å². The van der Waals surface area contributed by atoms with Gasteiger partial charge in [0.25, 0.3) is 0 Å². The summed E-state index contributed by atoms with van der Waals surface area (Å²) < 4.78 is 0. The van der Waals surface area contributed by atoms with Gasteiger partial charge in [-0.25, -0.2) is 0 Å². The first-order chi connectivity index (χ1) is 7.19. The summed E-state index contributed by atoms with van der Waals surface area (Å²) in [5.41, 5.74) is -5.77. The molecule has 16 heavy (non-hydrogen) atoms. The Morgan fingerprint density at radius 3 is 1.50 bits per heavy atom. The van der Waals surface area contributed by atoms with Crippen LogP contribution in [-0.4, -0.2) is 34.0 Å². The fourth-order valence-corrected chi connectivity index (χ4v) is 3.12. The first-order valence-electron chi connectivity index (χ1n) is 4.51. The summed E-state index contributed by atoms with van der Waals surface area (Å²) >= 11 is 0. The summed E-state index contributed by atoms with van der Waals surface area (Å²) in [5.74, 6) is -5.25. The summed E-state index contributed by atoms with van der Waals surface area (Å²) in [6, 6.07) is 0. The van der Waals surface area contributed by atoms with Crippen LogP contribution in [0.2, 0.25) is 0 Å². The highest BCUT2D eigenvalue weighted by molar-refractivity contribution is 6.32. The Labute approximate surface area is 89.4 Å². The smallest absolute Gasteiger partial charge is 0.321 e. The summed E-state index contributed by atoms with van der Waals surface area (Å²) in [7, 11) is 0. The number of imide groups is 1. The van der Waals surface area contributed by atoms with Crippen LogP contribution in [0.1, 0.15) is 13.8 Å². The van der Waals surface area contributed by atoms with E-state index in [0.717, 1.165) is 0 Å². The van der Waals surface area contributed by atoms with E-state index in [1.165, 1.54) is 13.8 Å². The zero-order chi connectivity index (χ0) is 12.5. The zero-order valence-electron chi connectivity index (χ0n) is 8.53. The first-order valence-corrected chi connectivity index (χ1v) is 4.51. The topological polar surface area (TPSA) is 121 Å². The highest BCUT2D eigenvalue weighted by Crippen LogP contribution is 2.80. The lowest BCUT2D eigenvalue weighted by Gasteiger charge is -2.13. The fraction of sp³-hybridized carbons (Fsp3) is 0.556. The molecule has 1 heterocycles. The second-order valence-electron chi connectivity index (χ2n) is 4.52. The molecule has 3 N–H and O–H groups in total. The van der Waals surface area contributed by atoms with Crippen molar-refractivity contribution in [2.24, 2.45) is 16.2 Å². The summed E-state index contributed by atoms with van der Waals surface area (Å²) in [5, 5.41) is 19.9. The molecule has 2 rings (SSSR count). The number of carboxylic acid groups (broad SMARTS) is 2. The molecule has 0 aromatic carbocycles. The zero-order valence-corrected chi connectivity index (χ0v) is 8.53. The van der Waals surface area contributed by atoms with Crippen LogP contribution in [0, 0.1) is 16.2 Å². The number of fused-ring (bicyclic) bond motifs is 1. The molecule has 0 radical (unpaired) electrons. The number of hydrogen-bond acceptors (Lipinski definition) is 4. The number of piperidine rings is 1. The highest BCUT2D eigenvalue weighted by Gasteiger charge is 3.00. The van der Waals surface area contributed by atoms with Crippen molar-refractivity contribution >= 4 is 23.8 Å². The molecule has 7 heteroatoms. The van der Waals surface area contributed by atoms with Crippen molar-refractivity contribution in [2.45, 2.75) is 13.8 Å². The SMILES string of the molecule is CC1(C)[C@]2(C(=O)O)C(=O)NC(=O)[C@]12C(=O)O. The van der Waals surface area contributed by atoms with Crippen molar-refractivity contribution in [3.05, 3.63) is 0 Å². The van der Waals surface area contributed by atoms with E-state index in [-0.39, 0.29) is 0 Å². The van der Waals surface area contributed by atoms with Gasteiger partial charge in [0.1, 0.15) is 0 Å². The van der Waals surface area contributed by atoms with Crippen LogP contribution in [0.4, 0.5) is 0 Å². The Hall–Kier alpha value is -1.92. The van der Waals surface area contributed by atoms with Gasteiger partial charge < -0.3 is 10.2 Å². The van der Waals surface area contributed by atoms with Crippen LogP contribution in [0.5, 0.6) is 0 Å². The number of carbonyl (C=O) groups is 4. The van der Waals surface area contributed by atoms with Crippen molar-refractivity contribution in [1.29, 1.82) is 0 Å². The molecule has 0 unspecified atom stereocenters. The lowest BCUT2D eigenvalue weighted by atomic mass is 9.95. The molecule has 0 aromatic heterocycles. The van der Waals surface area contributed by atoms with E-state index in [1.807, 2.05) is 0 Å². The molecule has 0 spiro atoms. The van der Waals surface area contributed by atoms with Gasteiger partial charge in [-0.3, -0.25) is 24.5 Å². The molecule has 1 saturated heterocycles. The maximum Gasteiger partial charge on any atom is 0.321 e. The minimum atomic E-state index is -2.18. The van der Waals surface area contributed by atoms with E-state index in [4.69, 9.17) is 10.2 Å². The molecular formula is C9H9NO6. The van der Waals surface area contributed by atoms with E-state index < -0.39 is 40.0 Å². The Bertz CT molecular complexity index is 427. The molecule has 2 fully saturated rings. The molecule has 1 aliphatic heterocycles. The molecule has 7 nitrogen and oxygen atoms in total. The summed E-state index contributed by atoms with van der Waals surface area (Å²) in [6.45, 7) is 2.60. The monoisotopic (exact) mass is 227 g/mol. The predicted octanol–water partition coefficient (Wildman–Crippen LogP) is -1.18. The van der Waals surface area contributed by atoms with E-state index >= 15 is 0 Å². The van der Waals surface area contributed by atoms with E-state index in [9.17, 15) is 19.2 Å². The molecule has 1 saturated carbocycles. The van der Waals surface area contributed by atoms with Crippen LogP contribution in [0.15, 0.2) is 0 Å². The van der Waals surface area contributed by atoms with Crippen LogP contribution in [-0.2, 0) is 19.2 Å². The maximum absolute atomic E-state index is 11.5. The second-order valence-corrected chi connectivity index (χ2v) is 4.52. The molecule has 1 aliphatic carbocycles. The van der Waals surface area contributed by atoms with E-state index in [2.05, 4.69) is 0 Å². The number of carbonyl (C=O) groups excluding carboxylic acids is 2. The Morgan fingerprint density at radius 1 is 1.00 bits per heavy atom.